The standard InChI is InChI=1S/C28H34FN7/c1-34(2)13-14-35-15-16-36-25-17-19(28-30-32-33-31-28)11-12-23(25)26(22-9-5-6-10-24(22)29)27(36)21-8-4-3-7-20(21)18-35/h3-4,7-8,11-12,17,22,24H,5-6,9-10,13-16,18H2,1-2H3,(H,30,31,32,33)/t22-,24-/m1/s1. The SMILES string of the molecule is CN(C)CCN1CCn2c(c([C@@H]3CCCC[C@H]3F)c3ccc(-c4nnn[nH]4)cc32)-c2ccccc2C1. The van der Waals surface area contributed by atoms with Crippen LogP contribution in [0.1, 0.15) is 42.7 Å². The van der Waals surface area contributed by atoms with Crippen molar-refractivity contribution in [1.82, 2.24) is 35.0 Å². The van der Waals surface area contributed by atoms with Crippen LogP contribution in [0.2, 0.25) is 0 Å². The second kappa shape index (κ2) is 9.75. The van der Waals surface area contributed by atoms with Gasteiger partial charge in [-0.25, -0.2) is 9.49 Å². The summed E-state index contributed by atoms with van der Waals surface area (Å²) in [5, 5.41) is 15.7. The van der Waals surface area contributed by atoms with Gasteiger partial charge in [-0.15, -0.1) is 5.10 Å². The van der Waals surface area contributed by atoms with E-state index >= 15 is 4.39 Å². The fourth-order valence-corrected chi connectivity index (χ4v) is 6.10. The topological polar surface area (TPSA) is 65.9 Å². The molecule has 7 nitrogen and oxygen atoms in total. The normalized spacial score (nSPS) is 20.8. The Morgan fingerprint density at radius 1 is 1.08 bits per heavy atom. The number of halogens is 1. The van der Waals surface area contributed by atoms with Crippen molar-refractivity contribution >= 4 is 10.9 Å². The molecule has 1 saturated carbocycles. The highest BCUT2D eigenvalue weighted by Gasteiger charge is 2.34. The number of nitrogens with one attached hydrogen (secondary N) is 1. The van der Waals surface area contributed by atoms with E-state index in [1.165, 1.54) is 22.4 Å². The number of nitrogens with zero attached hydrogens (tertiary/aromatic N) is 6. The molecule has 8 heteroatoms. The van der Waals surface area contributed by atoms with E-state index in [0.717, 1.165) is 68.5 Å². The molecule has 188 valence electrons. The van der Waals surface area contributed by atoms with Gasteiger partial charge in [-0.05, 0) is 54.6 Å². The fraction of sp³-hybridized carbons (Fsp3) is 0.464. The summed E-state index contributed by atoms with van der Waals surface area (Å²) >= 11 is 0. The first-order valence-electron chi connectivity index (χ1n) is 13.1. The largest absolute Gasteiger partial charge is 0.339 e. The molecular weight excluding hydrogens is 453 g/mol. The molecule has 0 saturated heterocycles. The summed E-state index contributed by atoms with van der Waals surface area (Å²) in [6, 6.07) is 15.1. The Morgan fingerprint density at radius 3 is 2.75 bits per heavy atom. The summed E-state index contributed by atoms with van der Waals surface area (Å²) in [6.07, 6.45) is 2.81. The summed E-state index contributed by atoms with van der Waals surface area (Å²) in [5.74, 6) is 0.571. The van der Waals surface area contributed by atoms with E-state index in [1.54, 1.807) is 0 Å². The molecule has 4 aromatic rings. The van der Waals surface area contributed by atoms with Crippen LogP contribution < -0.4 is 0 Å². The monoisotopic (exact) mass is 487 g/mol. The highest BCUT2D eigenvalue weighted by Crippen LogP contribution is 2.46. The van der Waals surface area contributed by atoms with Gasteiger partial charge in [0.25, 0.3) is 0 Å². The zero-order valence-electron chi connectivity index (χ0n) is 21.1. The molecule has 36 heavy (non-hydrogen) atoms. The zero-order valence-corrected chi connectivity index (χ0v) is 21.1. The number of benzene rings is 2. The van der Waals surface area contributed by atoms with E-state index in [9.17, 15) is 0 Å². The molecule has 2 aliphatic rings. The van der Waals surface area contributed by atoms with Gasteiger partial charge in [0.2, 0.25) is 0 Å². The molecular formula is C28H34FN7. The van der Waals surface area contributed by atoms with E-state index in [4.69, 9.17) is 0 Å². The number of aromatic nitrogens is 5. The average Bonchev–Trinajstić information content (AvgIpc) is 3.51. The molecule has 0 unspecified atom stereocenters. The van der Waals surface area contributed by atoms with Crippen molar-refractivity contribution in [2.75, 3.05) is 33.7 Å². The number of H-pyrrole nitrogens is 1. The van der Waals surface area contributed by atoms with Gasteiger partial charge in [0.05, 0.1) is 5.69 Å². The lowest BCUT2D eigenvalue weighted by atomic mass is 9.80. The molecule has 0 spiro atoms. The van der Waals surface area contributed by atoms with Crippen molar-refractivity contribution < 1.29 is 4.39 Å². The third kappa shape index (κ3) is 4.22. The maximum atomic E-state index is 15.6. The molecule has 0 radical (unpaired) electrons. The van der Waals surface area contributed by atoms with E-state index in [1.807, 2.05) is 0 Å². The predicted molar refractivity (Wildman–Crippen MR) is 140 cm³/mol. The van der Waals surface area contributed by atoms with Gasteiger partial charge in [-0.3, -0.25) is 4.90 Å². The van der Waals surface area contributed by atoms with E-state index < -0.39 is 6.17 Å². The highest BCUT2D eigenvalue weighted by molar-refractivity contribution is 5.95. The second-order valence-electron chi connectivity index (χ2n) is 10.5. The quantitative estimate of drug-likeness (QED) is 0.436. The van der Waals surface area contributed by atoms with E-state index in [-0.39, 0.29) is 5.92 Å². The van der Waals surface area contributed by atoms with E-state index in [2.05, 4.69) is 91.6 Å². The van der Waals surface area contributed by atoms with Crippen LogP contribution in [0.3, 0.4) is 0 Å². The van der Waals surface area contributed by atoms with Gasteiger partial charge >= 0.3 is 0 Å². The number of likely N-dealkylation sites (N-methyl/N-ethyl adjacent to an activating group) is 1. The van der Waals surface area contributed by atoms with Gasteiger partial charge in [0.1, 0.15) is 6.17 Å². The third-order valence-electron chi connectivity index (χ3n) is 7.94. The number of hydrogen-bond donors (Lipinski definition) is 1. The molecule has 1 aliphatic carbocycles. The Kier molecular flexibility index (Phi) is 6.31. The Hall–Kier alpha value is -3.10. The van der Waals surface area contributed by atoms with Crippen molar-refractivity contribution in [1.29, 1.82) is 0 Å². The smallest absolute Gasteiger partial charge is 0.179 e. The third-order valence-corrected chi connectivity index (χ3v) is 7.94. The minimum atomic E-state index is -0.804. The average molecular weight is 488 g/mol. The first-order valence-corrected chi connectivity index (χ1v) is 13.1. The lowest BCUT2D eigenvalue weighted by molar-refractivity contribution is 0.216. The first kappa shape index (κ1) is 23.3. The highest BCUT2D eigenvalue weighted by atomic mass is 19.1. The molecule has 1 N–H and O–H groups in total. The van der Waals surface area contributed by atoms with Gasteiger partial charge < -0.3 is 9.47 Å². The lowest BCUT2D eigenvalue weighted by Crippen LogP contribution is -2.35. The minimum Gasteiger partial charge on any atom is -0.339 e. The molecule has 0 bridgehead atoms. The number of alkyl halides is 1. The van der Waals surface area contributed by atoms with Crippen molar-refractivity contribution in [3.05, 3.63) is 53.6 Å². The Labute approximate surface area is 211 Å². The predicted octanol–water partition coefficient (Wildman–Crippen LogP) is 4.86. The van der Waals surface area contributed by atoms with Gasteiger partial charge in [-0.1, -0.05) is 49.2 Å². The Balaban J connectivity index is 1.57. The lowest BCUT2D eigenvalue weighted by Gasteiger charge is -2.31. The van der Waals surface area contributed by atoms with Crippen LogP contribution in [-0.2, 0) is 13.1 Å². The number of rotatable bonds is 5. The van der Waals surface area contributed by atoms with Crippen LogP contribution in [0.4, 0.5) is 4.39 Å². The number of hydrogen-bond acceptors (Lipinski definition) is 5. The van der Waals surface area contributed by atoms with Crippen LogP contribution in [-0.4, -0.2) is 74.9 Å². The molecule has 2 aromatic carbocycles. The molecule has 0 amide bonds. The van der Waals surface area contributed by atoms with E-state index in [0.29, 0.717) is 12.2 Å². The van der Waals surface area contributed by atoms with Crippen molar-refractivity contribution in [3.8, 4) is 22.6 Å². The maximum Gasteiger partial charge on any atom is 0.179 e. The summed E-state index contributed by atoms with van der Waals surface area (Å²) in [7, 11) is 4.25. The van der Waals surface area contributed by atoms with Crippen LogP contribution in [0.15, 0.2) is 42.5 Å². The summed E-state index contributed by atoms with van der Waals surface area (Å²) in [6.45, 7) is 4.73. The summed E-state index contributed by atoms with van der Waals surface area (Å²) in [5.41, 5.74) is 7.02. The van der Waals surface area contributed by atoms with Crippen molar-refractivity contribution in [2.24, 2.45) is 0 Å². The van der Waals surface area contributed by atoms with Gasteiger partial charge in [-0.2, -0.15) is 0 Å². The van der Waals surface area contributed by atoms with Crippen LogP contribution in [0.25, 0.3) is 33.5 Å². The Morgan fingerprint density at radius 2 is 1.94 bits per heavy atom. The molecule has 6 rings (SSSR count). The first-order chi connectivity index (χ1) is 17.6. The fourth-order valence-electron chi connectivity index (χ4n) is 6.10. The van der Waals surface area contributed by atoms with Gasteiger partial charge in [0, 0.05) is 60.7 Å². The Bertz CT molecular complexity index is 1340. The molecule has 1 fully saturated rings. The zero-order chi connectivity index (χ0) is 24.6. The number of tetrazole rings is 1. The van der Waals surface area contributed by atoms with Gasteiger partial charge in [0.15, 0.2) is 5.82 Å². The van der Waals surface area contributed by atoms with Crippen molar-refractivity contribution in [3.63, 3.8) is 0 Å². The van der Waals surface area contributed by atoms with Crippen LogP contribution in [0.5, 0.6) is 0 Å². The molecule has 2 aromatic heterocycles. The van der Waals surface area contributed by atoms with Crippen molar-refractivity contribution in [2.45, 2.75) is 50.9 Å². The summed E-state index contributed by atoms with van der Waals surface area (Å²) < 4.78 is 18.0. The van der Waals surface area contributed by atoms with Crippen LogP contribution in [0, 0.1) is 0 Å². The minimum absolute atomic E-state index is 0.0763. The number of fused-ring (bicyclic) bond motifs is 5. The number of aromatic amines is 1. The molecule has 2 atom stereocenters. The second-order valence-corrected chi connectivity index (χ2v) is 10.5. The van der Waals surface area contributed by atoms with Crippen LogP contribution >= 0.6 is 0 Å². The molecule has 3 heterocycles. The maximum absolute atomic E-state index is 15.6. The summed E-state index contributed by atoms with van der Waals surface area (Å²) in [4.78, 5) is 4.78. The molecule has 1 aliphatic heterocycles.